The number of benzene rings is 9. The molecule has 11 rings (SSSR count). The summed E-state index contributed by atoms with van der Waals surface area (Å²) in [5.41, 5.74) is 13.0. The van der Waals surface area contributed by atoms with Crippen molar-refractivity contribution in [1.29, 1.82) is 0 Å². The highest BCUT2D eigenvalue weighted by Crippen LogP contribution is 2.47. The van der Waals surface area contributed by atoms with Crippen LogP contribution in [0, 0.1) is 0 Å². The van der Waals surface area contributed by atoms with E-state index in [4.69, 9.17) is 4.42 Å². The predicted molar refractivity (Wildman–Crippen MR) is 231 cm³/mol. The second-order valence-corrected chi connectivity index (χ2v) is 14.1. The van der Waals surface area contributed by atoms with Gasteiger partial charge in [-0.2, -0.15) is 0 Å². The molecule has 0 aliphatic heterocycles. The lowest BCUT2D eigenvalue weighted by atomic mass is 9.97. The molecule has 258 valence electrons. The van der Waals surface area contributed by atoms with Gasteiger partial charge in [0.1, 0.15) is 11.2 Å². The minimum atomic E-state index is 0.863. The van der Waals surface area contributed by atoms with Crippen molar-refractivity contribution in [2.24, 2.45) is 0 Å². The summed E-state index contributed by atoms with van der Waals surface area (Å²) in [4.78, 5) is 2.37. The lowest BCUT2D eigenvalue weighted by molar-refractivity contribution is 0.670. The normalized spacial score (nSPS) is 11.6. The average Bonchev–Trinajstić information content (AvgIpc) is 3.81. The van der Waals surface area contributed by atoms with Crippen LogP contribution in [-0.4, -0.2) is 4.57 Å². The lowest BCUT2D eigenvalue weighted by Crippen LogP contribution is -2.10. The first-order chi connectivity index (χ1) is 27.3. The molecule has 2 heterocycles. The first kappa shape index (κ1) is 31.2. The molecule has 0 fully saturated rings. The van der Waals surface area contributed by atoms with Gasteiger partial charge in [0.05, 0.1) is 22.1 Å². The Balaban J connectivity index is 1.13. The number of hydrogen-bond donors (Lipinski definition) is 0. The van der Waals surface area contributed by atoms with E-state index in [1.54, 1.807) is 0 Å². The zero-order chi connectivity index (χ0) is 36.3. The summed E-state index contributed by atoms with van der Waals surface area (Å²) in [5.74, 6) is 0. The van der Waals surface area contributed by atoms with E-state index in [9.17, 15) is 0 Å². The standard InChI is InChI=1S/C52H34N2O/c1-2-19-38(20-3-1)53(39-21-12-17-36(33-39)42-27-14-16-35-15-4-5-23-41(35)42)49-32-31-43(52-51(49)46-26-8-11-30-50(46)55-52)37-18-13-22-40(34-37)54-47-28-9-6-24-44(47)45-25-7-10-29-48(45)54/h1-34H. The van der Waals surface area contributed by atoms with Gasteiger partial charge in [-0.05, 0) is 94.2 Å². The monoisotopic (exact) mass is 702 g/mol. The summed E-state index contributed by atoms with van der Waals surface area (Å²) < 4.78 is 9.25. The van der Waals surface area contributed by atoms with E-state index in [1.165, 1.54) is 43.7 Å². The lowest BCUT2D eigenvalue weighted by Gasteiger charge is -2.27. The highest BCUT2D eigenvalue weighted by Gasteiger charge is 2.23. The summed E-state index contributed by atoms with van der Waals surface area (Å²) in [7, 11) is 0. The number of hydrogen-bond acceptors (Lipinski definition) is 2. The fourth-order valence-corrected chi connectivity index (χ4v) is 8.53. The number of nitrogens with zero attached hydrogens (tertiary/aromatic N) is 2. The smallest absolute Gasteiger partial charge is 0.145 e. The van der Waals surface area contributed by atoms with E-state index < -0.39 is 0 Å². The molecular weight excluding hydrogens is 669 g/mol. The van der Waals surface area contributed by atoms with E-state index in [1.807, 2.05) is 0 Å². The van der Waals surface area contributed by atoms with Gasteiger partial charge in [0.15, 0.2) is 0 Å². The van der Waals surface area contributed by atoms with E-state index in [-0.39, 0.29) is 0 Å². The first-order valence-corrected chi connectivity index (χ1v) is 18.8. The molecule has 11 aromatic rings. The van der Waals surface area contributed by atoms with Crippen LogP contribution >= 0.6 is 0 Å². The zero-order valence-corrected chi connectivity index (χ0v) is 29.9. The molecule has 0 saturated heterocycles. The van der Waals surface area contributed by atoms with Crippen LogP contribution in [0.5, 0.6) is 0 Å². The Bertz CT molecular complexity index is 3170. The minimum absolute atomic E-state index is 0.863. The fourth-order valence-electron chi connectivity index (χ4n) is 8.53. The third-order valence-electron chi connectivity index (χ3n) is 11.0. The van der Waals surface area contributed by atoms with Gasteiger partial charge in [0, 0.05) is 38.8 Å². The largest absolute Gasteiger partial charge is 0.455 e. The Morgan fingerprint density at radius 2 is 1.00 bits per heavy atom. The van der Waals surface area contributed by atoms with Crippen molar-refractivity contribution in [3.8, 4) is 27.9 Å². The van der Waals surface area contributed by atoms with Crippen LogP contribution in [0.4, 0.5) is 17.1 Å². The molecule has 0 spiro atoms. The minimum Gasteiger partial charge on any atom is -0.455 e. The summed E-state index contributed by atoms with van der Waals surface area (Å²) in [5, 5.41) is 7.13. The average molecular weight is 703 g/mol. The van der Waals surface area contributed by atoms with Crippen LogP contribution in [0.1, 0.15) is 0 Å². The van der Waals surface area contributed by atoms with E-state index >= 15 is 0 Å². The Hall–Kier alpha value is -7.36. The molecule has 0 amide bonds. The molecule has 9 aromatic carbocycles. The molecule has 55 heavy (non-hydrogen) atoms. The molecule has 0 aliphatic carbocycles. The Kier molecular flexibility index (Phi) is 7.17. The maximum atomic E-state index is 6.88. The zero-order valence-electron chi connectivity index (χ0n) is 29.9. The van der Waals surface area contributed by atoms with Gasteiger partial charge < -0.3 is 13.9 Å². The van der Waals surface area contributed by atoms with Gasteiger partial charge in [-0.15, -0.1) is 0 Å². The molecule has 0 saturated carbocycles. The fraction of sp³-hybridized carbons (Fsp3) is 0. The van der Waals surface area contributed by atoms with Crippen molar-refractivity contribution >= 4 is 71.6 Å². The maximum Gasteiger partial charge on any atom is 0.145 e. The molecule has 2 aromatic heterocycles. The second-order valence-electron chi connectivity index (χ2n) is 14.1. The van der Waals surface area contributed by atoms with Crippen LogP contribution < -0.4 is 4.90 Å². The molecule has 0 radical (unpaired) electrons. The van der Waals surface area contributed by atoms with Crippen molar-refractivity contribution in [2.75, 3.05) is 4.90 Å². The van der Waals surface area contributed by atoms with Crippen molar-refractivity contribution in [1.82, 2.24) is 4.57 Å². The molecule has 0 aliphatic rings. The summed E-state index contributed by atoms with van der Waals surface area (Å²) in [6.45, 7) is 0. The molecular formula is C52H34N2O. The summed E-state index contributed by atoms with van der Waals surface area (Å²) in [6, 6.07) is 73.8. The SMILES string of the molecule is c1ccc(N(c2cccc(-c3cccc4ccccc34)c2)c2ccc(-c3cccc(-n4c5ccccc5c5ccccc54)c3)c3oc4ccccc4c23)cc1. The number of furan rings is 1. The van der Waals surface area contributed by atoms with Crippen LogP contribution in [-0.2, 0) is 0 Å². The van der Waals surface area contributed by atoms with Gasteiger partial charge in [-0.25, -0.2) is 0 Å². The highest BCUT2D eigenvalue weighted by molar-refractivity contribution is 6.17. The maximum absolute atomic E-state index is 6.88. The number of fused-ring (bicyclic) bond motifs is 7. The van der Waals surface area contributed by atoms with Crippen molar-refractivity contribution in [3.63, 3.8) is 0 Å². The Labute approximate surface area is 318 Å². The van der Waals surface area contributed by atoms with E-state index in [2.05, 4.69) is 216 Å². The molecule has 0 unspecified atom stereocenters. The van der Waals surface area contributed by atoms with Gasteiger partial charge in [-0.3, -0.25) is 0 Å². The van der Waals surface area contributed by atoms with E-state index in [0.29, 0.717) is 0 Å². The third-order valence-corrected chi connectivity index (χ3v) is 11.0. The quantitative estimate of drug-likeness (QED) is 0.172. The number of anilines is 3. The number of rotatable bonds is 6. The van der Waals surface area contributed by atoms with Crippen molar-refractivity contribution in [2.45, 2.75) is 0 Å². The predicted octanol–water partition coefficient (Wildman–Crippen LogP) is 14.6. The van der Waals surface area contributed by atoms with Gasteiger partial charge in [-0.1, -0.05) is 140 Å². The van der Waals surface area contributed by atoms with Crippen molar-refractivity contribution in [3.05, 3.63) is 206 Å². The van der Waals surface area contributed by atoms with E-state index in [0.717, 1.165) is 55.8 Å². The second kappa shape index (κ2) is 12.6. The van der Waals surface area contributed by atoms with Crippen LogP contribution in [0.3, 0.4) is 0 Å². The third kappa shape index (κ3) is 5.05. The highest BCUT2D eigenvalue weighted by atomic mass is 16.3. The molecule has 3 heteroatoms. The topological polar surface area (TPSA) is 21.3 Å². The molecule has 0 N–H and O–H groups in total. The summed E-state index contributed by atoms with van der Waals surface area (Å²) >= 11 is 0. The van der Waals surface area contributed by atoms with Gasteiger partial charge in [0.25, 0.3) is 0 Å². The van der Waals surface area contributed by atoms with Crippen molar-refractivity contribution < 1.29 is 4.42 Å². The van der Waals surface area contributed by atoms with Crippen LogP contribution in [0.15, 0.2) is 211 Å². The summed E-state index contributed by atoms with van der Waals surface area (Å²) in [6.07, 6.45) is 0. The van der Waals surface area contributed by atoms with Gasteiger partial charge in [0.2, 0.25) is 0 Å². The van der Waals surface area contributed by atoms with Crippen LogP contribution in [0.25, 0.3) is 82.5 Å². The molecule has 0 bridgehead atoms. The Morgan fingerprint density at radius 3 is 1.80 bits per heavy atom. The van der Waals surface area contributed by atoms with Crippen LogP contribution in [0.2, 0.25) is 0 Å². The van der Waals surface area contributed by atoms with Gasteiger partial charge >= 0.3 is 0 Å². The molecule has 0 atom stereocenters. The number of aromatic nitrogens is 1. The first-order valence-electron chi connectivity index (χ1n) is 18.8. The molecule has 3 nitrogen and oxygen atoms in total. The number of para-hydroxylation sites is 4. The Morgan fingerprint density at radius 1 is 0.400 bits per heavy atom.